The first-order valence-electron chi connectivity index (χ1n) is 10.0. The molecule has 31 heavy (non-hydrogen) atoms. The van der Waals surface area contributed by atoms with E-state index in [4.69, 9.17) is 23.2 Å². The molecule has 0 aliphatic carbocycles. The molecule has 1 atom stereocenters. The van der Waals surface area contributed by atoms with Gasteiger partial charge in [0.15, 0.2) is 0 Å². The highest BCUT2D eigenvalue weighted by Crippen LogP contribution is 2.46. The van der Waals surface area contributed by atoms with Gasteiger partial charge in [0.2, 0.25) is 5.91 Å². The summed E-state index contributed by atoms with van der Waals surface area (Å²) in [7, 11) is 0. The van der Waals surface area contributed by atoms with Crippen molar-refractivity contribution < 1.29 is 9.18 Å². The van der Waals surface area contributed by atoms with Gasteiger partial charge in [0.1, 0.15) is 5.82 Å². The molecule has 5 rings (SSSR count). The number of anilines is 1. The van der Waals surface area contributed by atoms with Gasteiger partial charge in [-0.15, -0.1) is 0 Å². The summed E-state index contributed by atoms with van der Waals surface area (Å²) < 4.78 is 14.9. The van der Waals surface area contributed by atoms with E-state index in [0.29, 0.717) is 22.2 Å². The van der Waals surface area contributed by atoms with E-state index in [1.165, 1.54) is 6.07 Å². The van der Waals surface area contributed by atoms with Crippen molar-refractivity contribution in [3.8, 4) is 0 Å². The second kappa shape index (κ2) is 7.99. The Kier molecular flexibility index (Phi) is 5.17. The van der Waals surface area contributed by atoms with Crippen LogP contribution in [0.3, 0.4) is 0 Å². The van der Waals surface area contributed by atoms with Gasteiger partial charge in [0.05, 0.1) is 6.54 Å². The smallest absolute Gasteiger partial charge is 0.228 e. The molecule has 1 aliphatic rings. The van der Waals surface area contributed by atoms with Crippen molar-refractivity contribution in [3.05, 3.63) is 111 Å². The van der Waals surface area contributed by atoms with Crippen molar-refractivity contribution in [2.75, 3.05) is 4.90 Å². The summed E-state index contributed by atoms with van der Waals surface area (Å²) in [6, 6.07) is 24.0. The molecule has 5 heteroatoms. The van der Waals surface area contributed by atoms with Crippen LogP contribution in [0.4, 0.5) is 10.1 Å². The van der Waals surface area contributed by atoms with E-state index in [2.05, 4.69) is 0 Å². The van der Waals surface area contributed by atoms with Gasteiger partial charge in [-0.1, -0.05) is 71.7 Å². The fourth-order valence-electron chi connectivity index (χ4n) is 4.44. The molecule has 4 aromatic carbocycles. The van der Waals surface area contributed by atoms with Crippen LogP contribution in [0, 0.1) is 5.82 Å². The zero-order valence-electron chi connectivity index (χ0n) is 16.5. The van der Waals surface area contributed by atoms with Gasteiger partial charge in [-0.2, -0.15) is 0 Å². The molecule has 1 aliphatic heterocycles. The summed E-state index contributed by atoms with van der Waals surface area (Å²) in [6.07, 6.45) is 0.148. The van der Waals surface area contributed by atoms with Crippen molar-refractivity contribution >= 4 is 45.6 Å². The van der Waals surface area contributed by atoms with Crippen LogP contribution in [0.15, 0.2) is 78.9 Å². The molecule has 1 heterocycles. The number of hydrogen-bond acceptors (Lipinski definition) is 1. The molecule has 0 aromatic heterocycles. The highest BCUT2D eigenvalue weighted by molar-refractivity contribution is 6.31. The van der Waals surface area contributed by atoms with E-state index < -0.39 is 11.7 Å². The minimum absolute atomic E-state index is 0.0675. The number of fused-ring (bicyclic) bond motifs is 3. The van der Waals surface area contributed by atoms with Crippen molar-refractivity contribution in [3.63, 3.8) is 0 Å². The molecule has 0 N–H and O–H groups in total. The molecule has 1 amide bonds. The van der Waals surface area contributed by atoms with Gasteiger partial charge in [0, 0.05) is 33.6 Å². The fraction of sp³-hybridized carbons (Fsp3) is 0.115. The van der Waals surface area contributed by atoms with Crippen molar-refractivity contribution in [2.24, 2.45) is 0 Å². The zero-order chi connectivity index (χ0) is 21.5. The van der Waals surface area contributed by atoms with E-state index in [9.17, 15) is 9.18 Å². The third kappa shape index (κ3) is 3.58. The average Bonchev–Trinajstić information content (AvgIpc) is 2.77. The van der Waals surface area contributed by atoms with Crippen LogP contribution in [0.1, 0.15) is 29.0 Å². The molecular formula is C26H18Cl2FNO. The molecule has 0 spiro atoms. The number of halogens is 3. The first-order chi connectivity index (χ1) is 15.0. The summed E-state index contributed by atoms with van der Waals surface area (Å²) in [4.78, 5) is 15.1. The van der Waals surface area contributed by atoms with Gasteiger partial charge in [-0.05, 0) is 52.2 Å². The summed E-state index contributed by atoms with van der Waals surface area (Å²) in [5, 5.41) is 3.02. The minimum atomic E-state index is -0.455. The topological polar surface area (TPSA) is 20.3 Å². The number of carbonyl (C=O) groups is 1. The number of amides is 1. The number of hydrogen-bond donors (Lipinski definition) is 0. The van der Waals surface area contributed by atoms with E-state index in [1.54, 1.807) is 17.0 Å². The molecule has 1 unspecified atom stereocenters. The molecule has 2 nitrogen and oxygen atoms in total. The Labute approximate surface area is 189 Å². The standard InChI is InChI=1S/C26H18Cl2FNO/c27-18-11-8-16(9-12-18)15-30-23-13-10-17-4-1-2-5-19(17)25(23)20(14-24(30)31)26-21(28)6-3-7-22(26)29/h1-13,20H,14-15H2. The lowest BCUT2D eigenvalue weighted by Gasteiger charge is -2.36. The Balaban J connectivity index is 1.71. The third-order valence-electron chi connectivity index (χ3n) is 5.87. The van der Waals surface area contributed by atoms with E-state index in [1.807, 2.05) is 60.7 Å². The average molecular weight is 450 g/mol. The quantitative estimate of drug-likeness (QED) is 0.320. The number of carbonyl (C=O) groups excluding carboxylic acids is 1. The lowest BCUT2D eigenvalue weighted by atomic mass is 9.81. The molecule has 154 valence electrons. The van der Waals surface area contributed by atoms with Gasteiger partial charge < -0.3 is 4.90 Å². The predicted molar refractivity (Wildman–Crippen MR) is 124 cm³/mol. The van der Waals surface area contributed by atoms with Gasteiger partial charge in [-0.25, -0.2) is 4.39 Å². The van der Waals surface area contributed by atoms with Gasteiger partial charge >= 0.3 is 0 Å². The van der Waals surface area contributed by atoms with Crippen LogP contribution in [-0.4, -0.2) is 5.91 Å². The highest BCUT2D eigenvalue weighted by Gasteiger charge is 2.35. The van der Waals surface area contributed by atoms with Crippen LogP contribution in [-0.2, 0) is 11.3 Å². The Morgan fingerprint density at radius 3 is 2.42 bits per heavy atom. The van der Waals surface area contributed by atoms with Gasteiger partial charge in [-0.3, -0.25) is 4.79 Å². The van der Waals surface area contributed by atoms with Crippen molar-refractivity contribution in [1.29, 1.82) is 0 Å². The fourth-order valence-corrected chi connectivity index (χ4v) is 4.86. The minimum Gasteiger partial charge on any atom is -0.308 e. The number of benzene rings is 4. The van der Waals surface area contributed by atoms with Crippen LogP contribution in [0.2, 0.25) is 10.0 Å². The lowest BCUT2D eigenvalue weighted by molar-refractivity contribution is -0.119. The van der Waals surface area contributed by atoms with Crippen LogP contribution < -0.4 is 4.90 Å². The van der Waals surface area contributed by atoms with Crippen LogP contribution in [0.5, 0.6) is 0 Å². The normalized spacial score (nSPS) is 15.9. The Hall–Kier alpha value is -2.88. The van der Waals surface area contributed by atoms with E-state index >= 15 is 0 Å². The Morgan fingerprint density at radius 2 is 1.65 bits per heavy atom. The maximum Gasteiger partial charge on any atom is 0.228 e. The molecule has 0 radical (unpaired) electrons. The Morgan fingerprint density at radius 1 is 0.871 bits per heavy atom. The maximum absolute atomic E-state index is 14.9. The second-order valence-electron chi connectivity index (χ2n) is 7.72. The third-order valence-corrected chi connectivity index (χ3v) is 6.45. The molecular weight excluding hydrogens is 432 g/mol. The van der Waals surface area contributed by atoms with E-state index in [0.717, 1.165) is 27.6 Å². The SMILES string of the molecule is O=C1CC(c2c(F)cccc2Cl)c2c(ccc3ccccc23)N1Cc1ccc(Cl)cc1. The summed E-state index contributed by atoms with van der Waals surface area (Å²) in [5.74, 6) is -0.916. The maximum atomic E-state index is 14.9. The highest BCUT2D eigenvalue weighted by atomic mass is 35.5. The number of nitrogens with zero attached hydrogens (tertiary/aromatic N) is 1. The number of rotatable bonds is 3. The molecule has 4 aromatic rings. The molecule has 0 bridgehead atoms. The second-order valence-corrected chi connectivity index (χ2v) is 8.56. The lowest BCUT2D eigenvalue weighted by Crippen LogP contribution is -2.36. The van der Waals surface area contributed by atoms with Crippen molar-refractivity contribution in [2.45, 2.75) is 18.9 Å². The predicted octanol–water partition coefficient (Wildman–Crippen LogP) is 7.35. The summed E-state index contributed by atoms with van der Waals surface area (Å²) >= 11 is 12.4. The molecule has 0 saturated heterocycles. The zero-order valence-corrected chi connectivity index (χ0v) is 18.0. The van der Waals surface area contributed by atoms with E-state index in [-0.39, 0.29) is 12.3 Å². The van der Waals surface area contributed by atoms with Crippen LogP contribution >= 0.6 is 23.2 Å². The monoisotopic (exact) mass is 449 g/mol. The molecule has 0 saturated carbocycles. The first kappa shape index (κ1) is 20.0. The summed E-state index contributed by atoms with van der Waals surface area (Å²) in [6.45, 7) is 0.416. The van der Waals surface area contributed by atoms with Gasteiger partial charge in [0.25, 0.3) is 0 Å². The molecule has 0 fully saturated rings. The first-order valence-corrected chi connectivity index (χ1v) is 10.8. The largest absolute Gasteiger partial charge is 0.308 e. The van der Waals surface area contributed by atoms with Crippen LogP contribution in [0.25, 0.3) is 10.8 Å². The summed E-state index contributed by atoms with van der Waals surface area (Å²) in [5.41, 5.74) is 3.06. The van der Waals surface area contributed by atoms with Crippen molar-refractivity contribution in [1.82, 2.24) is 0 Å². The Bertz CT molecular complexity index is 1280.